The monoisotopic (exact) mass is 236 g/mol. The van der Waals surface area contributed by atoms with Crippen molar-refractivity contribution in [1.29, 1.82) is 0 Å². The molecule has 1 N–H and O–H groups in total. The molecule has 6 heteroatoms. The first kappa shape index (κ1) is 12.7. The Balaban J connectivity index is 2.44. The molecule has 1 rings (SSSR count). The van der Waals surface area contributed by atoms with E-state index in [4.69, 9.17) is 4.74 Å². The van der Waals surface area contributed by atoms with E-state index in [1.54, 1.807) is 12.1 Å². The quantitative estimate of drug-likeness (QED) is 0.481. The van der Waals surface area contributed by atoms with Crippen molar-refractivity contribution >= 4 is 11.8 Å². The van der Waals surface area contributed by atoms with Crippen LogP contribution in [0.3, 0.4) is 0 Å². The number of alkyl carbamates (subject to hydrolysis) is 1. The second-order valence-corrected chi connectivity index (χ2v) is 3.17. The van der Waals surface area contributed by atoms with E-state index < -0.39 is 11.0 Å². The molecule has 0 aliphatic rings. The number of nitro groups is 1. The molecule has 0 atom stereocenters. The topological polar surface area (TPSA) is 81.5 Å². The number of nitro benzene ring substituents is 1. The minimum Gasteiger partial charge on any atom is -0.445 e. The lowest BCUT2D eigenvalue weighted by molar-refractivity contribution is -0.384. The van der Waals surface area contributed by atoms with E-state index >= 15 is 0 Å². The molecule has 6 nitrogen and oxygen atoms in total. The van der Waals surface area contributed by atoms with Crippen LogP contribution in [0.4, 0.5) is 10.5 Å². The average molecular weight is 236 g/mol. The van der Waals surface area contributed by atoms with Crippen molar-refractivity contribution in [3.63, 3.8) is 0 Å². The molecular formula is C11H12N2O4. The maximum atomic E-state index is 11.1. The normalized spacial score (nSPS) is 9.41. The first-order valence-electron chi connectivity index (χ1n) is 4.88. The maximum absolute atomic E-state index is 11.1. The lowest BCUT2D eigenvalue weighted by Gasteiger charge is -2.04. The third-order valence-electron chi connectivity index (χ3n) is 1.91. The van der Waals surface area contributed by atoms with Gasteiger partial charge in [-0.15, -0.1) is 6.58 Å². The van der Waals surface area contributed by atoms with Gasteiger partial charge in [0.15, 0.2) is 0 Å². The number of carbonyl (C=O) groups excluding carboxylic acids is 1. The van der Waals surface area contributed by atoms with Gasteiger partial charge in [0, 0.05) is 18.7 Å². The number of nitrogens with one attached hydrogen (secondary N) is 1. The van der Waals surface area contributed by atoms with Crippen LogP contribution >= 0.6 is 0 Å². The molecule has 0 saturated carbocycles. The summed E-state index contributed by atoms with van der Waals surface area (Å²) < 4.78 is 4.86. The van der Waals surface area contributed by atoms with Crippen molar-refractivity contribution < 1.29 is 14.5 Å². The van der Waals surface area contributed by atoms with Crippen molar-refractivity contribution in [3.05, 3.63) is 52.6 Å². The van der Waals surface area contributed by atoms with Gasteiger partial charge in [-0.05, 0) is 17.7 Å². The highest BCUT2D eigenvalue weighted by molar-refractivity contribution is 5.67. The summed E-state index contributed by atoms with van der Waals surface area (Å²) in [7, 11) is 0. The van der Waals surface area contributed by atoms with Crippen LogP contribution in [0.25, 0.3) is 0 Å². The molecule has 0 spiro atoms. The standard InChI is InChI=1S/C11H12N2O4/c1-2-7-12-11(14)17-8-9-3-5-10(6-4-9)13(15)16/h2-6H,1,7-8H2,(H,12,14). The summed E-state index contributed by atoms with van der Waals surface area (Å²) in [4.78, 5) is 21.0. The summed E-state index contributed by atoms with van der Waals surface area (Å²) >= 11 is 0. The van der Waals surface area contributed by atoms with E-state index in [-0.39, 0.29) is 12.3 Å². The molecule has 0 aliphatic heterocycles. The van der Waals surface area contributed by atoms with Gasteiger partial charge >= 0.3 is 6.09 Å². The number of ether oxygens (including phenoxy) is 1. The molecule has 0 aromatic heterocycles. The van der Waals surface area contributed by atoms with E-state index in [0.717, 1.165) is 0 Å². The molecule has 0 radical (unpaired) electrons. The first-order valence-corrected chi connectivity index (χ1v) is 4.88. The number of rotatable bonds is 5. The Hall–Kier alpha value is -2.37. The highest BCUT2D eigenvalue weighted by Gasteiger charge is 2.05. The minimum absolute atomic E-state index is 0.00450. The minimum atomic E-state index is -0.553. The fourth-order valence-corrected chi connectivity index (χ4v) is 1.07. The van der Waals surface area contributed by atoms with Crippen LogP contribution in [0.1, 0.15) is 5.56 Å². The summed E-state index contributed by atoms with van der Waals surface area (Å²) in [5.41, 5.74) is 0.689. The third-order valence-corrected chi connectivity index (χ3v) is 1.91. The summed E-state index contributed by atoms with van der Waals surface area (Å²) in [6, 6.07) is 5.80. The number of hydrogen-bond acceptors (Lipinski definition) is 4. The van der Waals surface area contributed by atoms with Crippen LogP contribution in [0.2, 0.25) is 0 Å². The molecule has 0 unspecified atom stereocenters. The van der Waals surface area contributed by atoms with Gasteiger partial charge in [0.1, 0.15) is 6.61 Å². The molecule has 17 heavy (non-hydrogen) atoms. The van der Waals surface area contributed by atoms with Crippen molar-refractivity contribution in [3.8, 4) is 0 Å². The molecule has 90 valence electrons. The van der Waals surface area contributed by atoms with Gasteiger partial charge in [-0.2, -0.15) is 0 Å². The molecule has 0 saturated heterocycles. The zero-order chi connectivity index (χ0) is 12.7. The van der Waals surface area contributed by atoms with Gasteiger partial charge in [0.25, 0.3) is 5.69 Å². The molecule has 0 bridgehead atoms. The largest absolute Gasteiger partial charge is 0.445 e. The second kappa shape index (κ2) is 6.26. The Morgan fingerprint density at radius 3 is 2.65 bits per heavy atom. The number of benzene rings is 1. The Morgan fingerprint density at radius 2 is 2.12 bits per heavy atom. The predicted molar refractivity (Wildman–Crippen MR) is 61.5 cm³/mol. The average Bonchev–Trinajstić information content (AvgIpc) is 2.34. The Bertz CT molecular complexity index is 414. The van der Waals surface area contributed by atoms with Crippen molar-refractivity contribution in [2.45, 2.75) is 6.61 Å². The lowest BCUT2D eigenvalue weighted by Crippen LogP contribution is -2.23. The van der Waals surface area contributed by atoms with Crippen LogP contribution in [0, 0.1) is 10.1 Å². The predicted octanol–water partition coefficient (Wildman–Crippen LogP) is 2.01. The molecule has 1 aromatic rings. The summed E-state index contributed by atoms with van der Waals surface area (Å²) in [6.45, 7) is 3.85. The van der Waals surface area contributed by atoms with Crippen molar-refractivity contribution in [2.24, 2.45) is 0 Å². The molecular weight excluding hydrogens is 224 g/mol. The van der Waals surface area contributed by atoms with Gasteiger partial charge < -0.3 is 10.1 Å². The molecule has 0 fully saturated rings. The van der Waals surface area contributed by atoms with E-state index in [1.807, 2.05) is 0 Å². The number of non-ortho nitro benzene ring substituents is 1. The zero-order valence-corrected chi connectivity index (χ0v) is 9.09. The van der Waals surface area contributed by atoms with Crippen molar-refractivity contribution in [2.75, 3.05) is 6.54 Å². The van der Waals surface area contributed by atoms with Gasteiger partial charge in [0.05, 0.1) is 4.92 Å². The number of hydrogen-bond donors (Lipinski definition) is 1. The van der Waals surface area contributed by atoms with E-state index in [0.29, 0.717) is 12.1 Å². The number of amides is 1. The van der Waals surface area contributed by atoms with Gasteiger partial charge in [0.2, 0.25) is 0 Å². The first-order chi connectivity index (χ1) is 8.13. The smallest absolute Gasteiger partial charge is 0.407 e. The SMILES string of the molecule is C=CCNC(=O)OCc1ccc([N+](=O)[O-])cc1. The Kier molecular flexibility index (Phi) is 4.68. The molecule has 0 aliphatic carbocycles. The Labute approximate surface area is 98.0 Å². The summed E-state index contributed by atoms with van der Waals surface area (Å²) in [5, 5.41) is 12.8. The van der Waals surface area contributed by atoms with Gasteiger partial charge in [-0.3, -0.25) is 10.1 Å². The van der Waals surface area contributed by atoms with Crippen LogP contribution < -0.4 is 5.32 Å². The van der Waals surface area contributed by atoms with E-state index in [9.17, 15) is 14.9 Å². The summed E-state index contributed by atoms with van der Waals surface area (Å²) in [6.07, 6.45) is 0.982. The van der Waals surface area contributed by atoms with Crippen LogP contribution in [0.15, 0.2) is 36.9 Å². The molecule has 1 aromatic carbocycles. The van der Waals surface area contributed by atoms with E-state index in [1.165, 1.54) is 18.2 Å². The van der Waals surface area contributed by atoms with Gasteiger partial charge in [-0.1, -0.05) is 6.08 Å². The zero-order valence-electron chi connectivity index (χ0n) is 9.09. The number of nitrogens with zero attached hydrogens (tertiary/aromatic N) is 1. The van der Waals surface area contributed by atoms with Gasteiger partial charge in [-0.25, -0.2) is 4.79 Å². The van der Waals surface area contributed by atoms with E-state index in [2.05, 4.69) is 11.9 Å². The van der Waals surface area contributed by atoms with Crippen LogP contribution in [-0.2, 0) is 11.3 Å². The lowest BCUT2D eigenvalue weighted by atomic mass is 10.2. The highest BCUT2D eigenvalue weighted by atomic mass is 16.6. The Morgan fingerprint density at radius 1 is 1.47 bits per heavy atom. The van der Waals surface area contributed by atoms with Crippen molar-refractivity contribution in [1.82, 2.24) is 5.32 Å². The second-order valence-electron chi connectivity index (χ2n) is 3.17. The third kappa shape index (κ3) is 4.33. The highest BCUT2D eigenvalue weighted by Crippen LogP contribution is 2.12. The maximum Gasteiger partial charge on any atom is 0.407 e. The van der Waals surface area contributed by atoms with Crippen LogP contribution in [-0.4, -0.2) is 17.6 Å². The number of carbonyl (C=O) groups is 1. The fraction of sp³-hybridized carbons (Fsp3) is 0.182. The fourth-order valence-electron chi connectivity index (χ4n) is 1.07. The molecule has 0 heterocycles. The summed E-state index contributed by atoms with van der Waals surface area (Å²) in [5.74, 6) is 0. The van der Waals surface area contributed by atoms with Crippen LogP contribution in [0.5, 0.6) is 0 Å². The molecule has 1 amide bonds.